The van der Waals surface area contributed by atoms with Gasteiger partial charge in [0.1, 0.15) is 0 Å². The molecular weight excluding hydrogens is 222 g/mol. The van der Waals surface area contributed by atoms with E-state index in [2.05, 4.69) is 49.1 Å². The van der Waals surface area contributed by atoms with Gasteiger partial charge in [-0.05, 0) is 51.9 Å². The Balaban J connectivity index is 2.34. The molecule has 0 bridgehead atoms. The first kappa shape index (κ1) is 15.1. The minimum atomic E-state index is 0.574. The van der Waals surface area contributed by atoms with Gasteiger partial charge in [0.05, 0.1) is 0 Å². The minimum absolute atomic E-state index is 0.574. The Morgan fingerprint density at radius 3 is 2.78 bits per heavy atom. The van der Waals surface area contributed by atoms with Gasteiger partial charge in [0.25, 0.3) is 0 Å². The van der Waals surface area contributed by atoms with Crippen molar-refractivity contribution >= 4 is 0 Å². The van der Waals surface area contributed by atoms with Crippen molar-refractivity contribution in [3.63, 3.8) is 0 Å². The van der Waals surface area contributed by atoms with Gasteiger partial charge in [0.2, 0.25) is 0 Å². The van der Waals surface area contributed by atoms with E-state index in [0.717, 1.165) is 13.1 Å². The third-order valence-electron chi connectivity index (χ3n) is 3.34. The summed E-state index contributed by atoms with van der Waals surface area (Å²) in [6, 6.07) is 5.29. The normalized spacial score (nSPS) is 14.7. The van der Waals surface area contributed by atoms with Crippen LogP contribution in [0.2, 0.25) is 0 Å². The van der Waals surface area contributed by atoms with Crippen molar-refractivity contribution in [3.8, 4) is 0 Å². The summed E-state index contributed by atoms with van der Waals surface area (Å²) in [5.74, 6) is 0. The molecule has 0 amide bonds. The molecule has 0 radical (unpaired) electrons. The second-order valence-electron chi connectivity index (χ2n) is 5.22. The van der Waals surface area contributed by atoms with Crippen LogP contribution in [0.15, 0.2) is 24.5 Å². The Kier molecular flexibility index (Phi) is 6.91. The zero-order chi connectivity index (χ0) is 13.4. The summed E-state index contributed by atoms with van der Waals surface area (Å²) >= 11 is 0. The second-order valence-corrected chi connectivity index (χ2v) is 5.22. The number of pyridine rings is 1. The third-order valence-corrected chi connectivity index (χ3v) is 3.34. The van der Waals surface area contributed by atoms with E-state index in [1.807, 2.05) is 18.5 Å². The van der Waals surface area contributed by atoms with E-state index in [1.165, 1.54) is 18.4 Å². The number of nitrogens with one attached hydrogen (secondary N) is 1. The lowest BCUT2D eigenvalue weighted by Crippen LogP contribution is -2.36. The van der Waals surface area contributed by atoms with Crippen molar-refractivity contribution in [2.24, 2.45) is 0 Å². The molecule has 1 aromatic rings. The van der Waals surface area contributed by atoms with Crippen LogP contribution in [0.25, 0.3) is 0 Å². The summed E-state index contributed by atoms with van der Waals surface area (Å²) in [6.45, 7) is 8.85. The van der Waals surface area contributed by atoms with E-state index in [1.54, 1.807) is 0 Å². The molecule has 0 aromatic carbocycles. The van der Waals surface area contributed by atoms with Crippen LogP contribution < -0.4 is 5.32 Å². The molecule has 102 valence electrons. The van der Waals surface area contributed by atoms with Crippen molar-refractivity contribution < 1.29 is 0 Å². The van der Waals surface area contributed by atoms with Crippen molar-refractivity contribution in [3.05, 3.63) is 30.1 Å². The number of hydrogen-bond acceptors (Lipinski definition) is 3. The number of rotatable bonds is 8. The molecule has 0 aliphatic rings. The van der Waals surface area contributed by atoms with Crippen LogP contribution in [0, 0.1) is 0 Å². The van der Waals surface area contributed by atoms with E-state index >= 15 is 0 Å². The lowest BCUT2D eigenvalue weighted by molar-refractivity contribution is 0.222. The second kappa shape index (κ2) is 8.22. The third kappa shape index (κ3) is 5.61. The van der Waals surface area contributed by atoms with Crippen LogP contribution in [0.1, 0.15) is 39.2 Å². The van der Waals surface area contributed by atoms with E-state index in [9.17, 15) is 0 Å². The molecule has 1 aromatic heterocycles. The van der Waals surface area contributed by atoms with Gasteiger partial charge in [-0.2, -0.15) is 0 Å². The van der Waals surface area contributed by atoms with Crippen molar-refractivity contribution in [1.29, 1.82) is 0 Å². The van der Waals surface area contributed by atoms with E-state index in [0.29, 0.717) is 12.1 Å². The van der Waals surface area contributed by atoms with Crippen molar-refractivity contribution in [1.82, 2.24) is 15.2 Å². The Morgan fingerprint density at radius 2 is 2.17 bits per heavy atom. The highest BCUT2D eigenvalue weighted by Gasteiger charge is 2.13. The largest absolute Gasteiger partial charge is 0.314 e. The summed E-state index contributed by atoms with van der Waals surface area (Å²) < 4.78 is 0. The molecular formula is C15H27N3. The monoisotopic (exact) mass is 249 g/mol. The molecule has 1 N–H and O–H groups in total. The molecule has 0 fully saturated rings. The van der Waals surface area contributed by atoms with E-state index in [-0.39, 0.29) is 0 Å². The zero-order valence-electron chi connectivity index (χ0n) is 12.2. The SMILES string of the molecule is CCCNC(C)CC(C)N(C)Cc1cccnc1. The maximum atomic E-state index is 4.16. The summed E-state index contributed by atoms with van der Waals surface area (Å²) in [6.07, 6.45) is 6.15. The summed E-state index contributed by atoms with van der Waals surface area (Å²) in [4.78, 5) is 6.55. The van der Waals surface area contributed by atoms with Gasteiger partial charge in [-0.1, -0.05) is 13.0 Å². The number of nitrogens with zero attached hydrogens (tertiary/aromatic N) is 2. The predicted octanol–water partition coefficient (Wildman–Crippen LogP) is 2.68. The highest BCUT2D eigenvalue weighted by atomic mass is 15.1. The highest BCUT2D eigenvalue weighted by Crippen LogP contribution is 2.09. The molecule has 3 nitrogen and oxygen atoms in total. The standard InChI is InChI=1S/C15H27N3/c1-5-8-17-13(2)10-14(3)18(4)12-15-7-6-9-16-11-15/h6-7,9,11,13-14,17H,5,8,10,12H2,1-4H3. The Bertz CT molecular complexity index is 313. The van der Waals surface area contributed by atoms with Crippen molar-refractivity contribution in [2.45, 2.75) is 52.2 Å². The minimum Gasteiger partial charge on any atom is -0.314 e. The fraction of sp³-hybridized carbons (Fsp3) is 0.667. The first-order valence-corrected chi connectivity index (χ1v) is 6.96. The van der Waals surface area contributed by atoms with Gasteiger partial charge in [-0.15, -0.1) is 0 Å². The summed E-state index contributed by atoms with van der Waals surface area (Å²) in [7, 11) is 2.18. The molecule has 0 saturated carbocycles. The molecule has 3 heteroatoms. The lowest BCUT2D eigenvalue weighted by atomic mass is 10.1. The Morgan fingerprint density at radius 1 is 1.39 bits per heavy atom. The van der Waals surface area contributed by atoms with Gasteiger partial charge < -0.3 is 5.32 Å². The molecule has 2 atom stereocenters. The molecule has 0 saturated heterocycles. The smallest absolute Gasteiger partial charge is 0.0312 e. The Hall–Kier alpha value is -0.930. The Labute approximate surface area is 112 Å². The highest BCUT2D eigenvalue weighted by molar-refractivity contribution is 5.08. The first-order valence-electron chi connectivity index (χ1n) is 6.96. The van der Waals surface area contributed by atoms with E-state index in [4.69, 9.17) is 0 Å². The van der Waals surface area contributed by atoms with E-state index < -0.39 is 0 Å². The number of aromatic nitrogens is 1. The topological polar surface area (TPSA) is 28.2 Å². The predicted molar refractivity (Wildman–Crippen MR) is 77.5 cm³/mol. The molecule has 0 spiro atoms. The zero-order valence-corrected chi connectivity index (χ0v) is 12.2. The van der Waals surface area contributed by atoms with Gasteiger partial charge in [0, 0.05) is 31.0 Å². The first-order chi connectivity index (χ1) is 8.63. The van der Waals surface area contributed by atoms with Crippen LogP contribution in [0.5, 0.6) is 0 Å². The van der Waals surface area contributed by atoms with Crippen LogP contribution in [0.3, 0.4) is 0 Å². The maximum Gasteiger partial charge on any atom is 0.0312 e. The molecule has 0 aliphatic heterocycles. The van der Waals surface area contributed by atoms with Gasteiger partial charge >= 0.3 is 0 Å². The molecule has 1 rings (SSSR count). The summed E-state index contributed by atoms with van der Waals surface area (Å²) in [5.41, 5.74) is 1.28. The fourth-order valence-electron chi connectivity index (χ4n) is 2.10. The number of hydrogen-bond donors (Lipinski definition) is 1. The molecule has 0 aliphatic carbocycles. The molecule has 2 unspecified atom stereocenters. The summed E-state index contributed by atoms with van der Waals surface area (Å²) in [5, 5.41) is 3.54. The van der Waals surface area contributed by atoms with Crippen LogP contribution in [-0.4, -0.2) is 35.6 Å². The quantitative estimate of drug-likeness (QED) is 0.768. The van der Waals surface area contributed by atoms with Gasteiger partial charge in [-0.25, -0.2) is 0 Å². The molecule has 1 heterocycles. The molecule has 18 heavy (non-hydrogen) atoms. The van der Waals surface area contributed by atoms with Crippen LogP contribution in [0.4, 0.5) is 0 Å². The average molecular weight is 249 g/mol. The lowest BCUT2D eigenvalue weighted by Gasteiger charge is -2.27. The van der Waals surface area contributed by atoms with Crippen LogP contribution >= 0.6 is 0 Å². The average Bonchev–Trinajstić information content (AvgIpc) is 2.37. The maximum absolute atomic E-state index is 4.16. The van der Waals surface area contributed by atoms with Gasteiger partial charge in [0.15, 0.2) is 0 Å². The van der Waals surface area contributed by atoms with Crippen LogP contribution in [-0.2, 0) is 6.54 Å². The van der Waals surface area contributed by atoms with Gasteiger partial charge in [-0.3, -0.25) is 9.88 Å². The fourth-order valence-corrected chi connectivity index (χ4v) is 2.10. The van der Waals surface area contributed by atoms with Crippen molar-refractivity contribution in [2.75, 3.05) is 13.6 Å².